The van der Waals surface area contributed by atoms with Crippen LogP contribution in [-0.2, 0) is 0 Å². The van der Waals surface area contributed by atoms with Crippen LogP contribution in [0.3, 0.4) is 0 Å². The van der Waals surface area contributed by atoms with E-state index in [-0.39, 0.29) is 11.9 Å². The average Bonchev–Trinajstić information content (AvgIpc) is 2.54. The van der Waals surface area contributed by atoms with Crippen LogP contribution >= 0.6 is 27.3 Å². The van der Waals surface area contributed by atoms with Crippen molar-refractivity contribution in [1.29, 1.82) is 0 Å². The molecule has 0 atom stereocenters. The molecule has 2 aromatic rings. The zero-order valence-electron chi connectivity index (χ0n) is 10.8. The summed E-state index contributed by atoms with van der Waals surface area (Å²) in [5, 5.41) is 3.95. The Morgan fingerprint density at radius 3 is 2.72 bits per heavy atom. The van der Waals surface area contributed by atoms with Gasteiger partial charge in [0.2, 0.25) is 0 Å². The summed E-state index contributed by atoms with van der Waals surface area (Å²) in [5.41, 5.74) is 2.12. The van der Waals surface area contributed by atoms with E-state index in [1.807, 2.05) is 33.8 Å². The summed E-state index contributed by atoms with van der Waals surface area (Å²) < 4.78 is 0.852. The summed E-state index contributed by atoms with van der Waals surface area (Å²) in [4.78, 5) is 18.2. The molecule has 1 amide bonds. The van der Waals surface area contributed by atoms with Crippen molar-refractivity contribution < 1.29 is 4.79 Å². The predicted molar refractivity (Wildman–Crippen MR) is 79.4 cm³/mol. The predicted octanol–water partition coefficient (Wildman–Crippen LogP) is 3.81. The summed E-state index contributed by atoms with van der Waals surface area (Å²) in [5.74, 6) is -0.0445. The van der Waals surface area contributed by atoms with Crippen molar-refractivity contribution in [3.05, 3.63) is 26.7 Å². The fourth-order valence-electron chi connectivity index (χ4n) is 1.87. The number of hydrogen-bond donors (Lipinski definition) is 1. The number of thiophene rings is 1. The number of halogens is 1. The quantitative estimate of drug-likeness (QED) is 0.911. The van der Waals surface area contributed by atoms with Crippen LogP contribution in [0.5, 0.6) is 0 Å². The second-order valence-corrected chi connectivity index (χ2v) is 6.43. The molecule has 0 aliphatic carbocycles. The van der Waals surface area contributed by atoms with E-state index in [1.54, 1.807) is 0 Å². The van der Waals surface area contributed by atoms with Gasteiger partial charge in [-0.1, -0.05) is 0 Å². The second kappa shape index (κ2) is 4.97. The summed E-state index contributed by atoms with van der Waals surface area (Å²) in [7, 11) is 0. The number of amides is 1. The minimum Gasteiger partial charge on any atom is -0.349 e. The van der Waals surface area contributed by atoms with Gasteiger partial charge in [0.15, 0.2) is 0 Å². The number of rotatable bonds is 2. The molecule has 3 nitrogen and oxygen atoms in total. The highest BCUT2D eigenvalue weighted by Crippen LogP contribution is 2.36. The SMILES string of the molecule is Cc1cc(C)c2c(Br)c(C(=O)NC(C)C)sc2n1. The maximum Gasteiger partial charge on any atom is 0.262 e. The first-order valence-electron chi connectivity index (χ1n) is 5.77. The molecular formula is C13H15BrN2OS. The van der Waals surface area contributed by atoms with E-state index in [0.717, 1.165) is 25.9 Å². The molecule has 0 bridgehead atoms. The third kappa shape index (κ3) is 2.42. The van der Waals surface area contributed by atoms with Gasteiger partial charge >= 0.3 is 0 Å². The average molecular weight is 327 g/mol. The van der Waals surface area contributed by atoms with E-state index in [1.165, 1.54) is 11.3 Å². The van der Waals surface area contributed by atoms with Crippen LogP contribution in [0.25, 0.3) is 10.2 Å². The minimum atomic E-state index is -0.0445. The molecule has 0 saturated heterocycles. The molecule has 0 aliphatic heterocycles. The Kier molecular flexibility index (Phi) is 3.73. The van der Waals surface area contributed by atoms with Crippen LogP contribution in [0, 0.1) is 13.8 Å². The van der Waals surface area contributed by atoms with Crippen molar-refractivity contribution in [1.82, 2.24) is 10.3 Å². The van der Waals surface area contributed by atoms with Gasteiger partial charge in [-0.25, -0.2) is 4.98 Å². The molecule has 0 fully saturated rings. The number of nitrogens with one attached hydrogen (secondary N) is 1. The van der Waals surface area contributed by atoms with Crippen molar-refractivity contribution in [2.75, 3.05) is 0 Å². The molecule has 0 aliphatic rings. The Morgan fingerprint density at radius 2 is 2.11 bits per heavy atom. The van der Waals surface area contributed by atoms with E-state index >= 15 is 0 Å². The fraction of sp³-hybridized carbons (Fsp3) is 0.385. The van der Waals surface area contributed by atoms with Crippen LogP contribution in [0.1, 0.15) is 34.8 Å². The van der Waals surface area contributed by atoms with Gasteiger partial charge in [0.1, 0.15) is 9.71 Å². The highest BCUT2D eigenvalue weighted by atomic mass is 79.9. The van der Waals surface area contributed by atoms with Gasteiger partial charge in [-0.15, -0.1) is 11.3 Å². The molecule has 0 radical (unpaired) electrons. The summed E-state index contributed by atoms with van der Waals surface area (Å²) >= 11 is 4.96. The lowest BCUT2D eigenvalue weighted by atomic mass is 10.2. The van der Waals surface area contributed by atoms with Crippen LogP contribution in [0.4, 0.5) is 0 Å². The number of aryl methyl sites for hydroxylation is 2. The molecule has 96 valence electrons. The van der Waals surface area contributed by atoms with Crippen LogP contribution < -0.4 is 5.32 Å². The maximum atomic E-state index is 12.1. The van der Waals surface area contributed by atoms with Crippen molar-refractivity contribution in [2.24, 2.45) is 0 Å². The van der Waals surface area contributed by atoms with Gasteiger partial charge in [-0.3, -0.25) is 4.79 Å². The number of nitrogens with zero attached hydrogens (tertiary/aromatic N) is 1. The molecule has 5 heteroatoms. The topological polar surface area (TPSA) is 42.0 Å². The van der Waals surface area contributed by atoms with Crippen molar-refractivity contribution in [3.63, 3.8) is 0 Å². The molecule has 2 heterocycles. The zero-order valence-corrected chi connectivity index (χ0v) is 13.2. The van der Waals surface area contributed by atoms with Gasteiger partial charge in [0.25, 0.3) is 5.91 Å². The van der Waals surface area contributed by atoms with Crippen LogP contribution in [-0.4, -0.2) is 16.9 Å². The first kappa shape index (κ1) is 13.5. The number of hydrogen-bond acceptors (Lipinski definition) is 3. The van der Waals surface area contributed by atoms with Gasteiger partial charge in [0, 0.05) is 17.1 Å². The molecule has 2 aromatic heterocycles. The standard InChI is InChI=1S/C13H15BrN2OS/c1-6(2)15-12(17)11-10(14)9-7(3)5-8(4)16-13(9)18-11/h5-6H,1-4H3,(H,15,17). The first-order valence-corrected chi connectivity index (χ1v) is 7.38. The molecule has 2 rings (SSSR count). The van der Waals surface area contributed by atoms with E-state index in [4.69, 9.17) is 0 Å². The normalized spacial score (nSPS) is 11.2. The highest BCUT2D eigenvalue weighted by molar-refractivity contribution is 9.10. The van der Waals surface area contributed by atoms with Crippen molar-refractivity contribution >= 4 is 43.4 Å². The van der Waals surface area contributed by atoms with Crippen LogP contribution in [0.2, 0.25) is 0 Å². The van der Waals surface area contributed by atoms with E-state index in [0.29, 0.717) is 4.88 Å². The maximum absolute atomic E-state index is 12.1. The van der Waals surface area contributed by atoms with Crippen molar-refractivity contribution in [3.8, 4) is 0 Å². The molecule has 0 saturated carbocycles. The Hall–Kier alpha value is -0.940. The molecular weight excluding hydrogens is 312 g/mol. The molecule has 0 unspecified atom stereocenters. The summed E-state index contributed by atoms with van der Waals surface area (Å²) in [6, 6.07) is 2.16. The molecule has 18 heavy (non-hydrogen) atoms. The van der Waals surface area contributed by atoms with Gasteiger partial charge in [0.05, 0.1) is 4.47 Å². The lowest BCUT2D eigenvalue weighted by molar-refractivity contribution is 0.0946. The monoisotopic (exact) mass is 326 g/mol. The lowest BCUT2D eigenvalue weighted by Gasteiger charge is -2.06. The summed E-state index contributed by atoms with van der Waals surface area (Å²) in [6.45, 7) is 7.91. The Balaban J connectivity index is 2.57. The van der Waals surface area contributed by atoms with E-state index in [2.05, 4.69) is 26.2 Å². The highest BCUT2D eigenvalue weighted by Gasteiger charge is 2.19. The molecule has 1 N–H and O–H groups in total. The Bertz CT molecular complexity index is 619. The number of pyridine rings is 1. The fourth-order valence-corrected chi connectivity index (χ4v) is 4.02. The first-order chi connectivity index (χ1) is 8.40. The molecule has 0 spiro atoms. The third-order valence-electron chi connectivity index (χ3n) is 2.56. The largest absolute Gasteiger partial charge is 0.349 e. The van der Waals surface area contributed by atoms with Gasteiger partial charge in [-0.2, -0.15) is 0 Å². The van der Waals surface area contributed by atoms with Crippen LogP contribution in [0.15, 0.2) is 10.5 Å². The summed E-state index contributed by atoms with van der Waals surface area (Å²) in [6.07, 6.45) is 0. The number of carbonyl (C=O) groups excluding carboxylic acids is 1. The Labute approximate surface area is 119 Å². The smallest absolute Gasteiger partial charge is 0.262 e. The number of carbonyl (C=O) groups is 1. The lowest BCUT2D eigenvalue weighted by Crippen LogP contribution is -2.29. The molecule has 0 aromatic carbocycles. The van der Waals surface area contributed by atoms with E-state index in [9.17, 15) is 4.79 Å². The second-order valence-electron chi connectivity index (χ2n) is 4.63. The number of aromatic nitrogens is 1. The third-order valence-corrected chi connectivity index (χ3v) is 4.69. The van der Waals surface area contributed by atoms with Gasteiger partial charge in [-0.05, 0) is 55.3 Å². The minimum absolute atomic E-state index is 0.0445. The van der Waals surface area contributed by atoms with Gasteiger partial charge < -0.3 is 5.32 Å². The van der Waals surface area contributed by atoms with E-state index < -0.39 is 0 Å². The van der Waals surface area contributed by atoms with Crippen molar-refractivity contribution in [2.45, 2.75) is 33.7 Å². The zero-order chi connectivity index (χ0) is 13.4. The Morgan fingerprint density at radius 1 is 1.44 bits per heavy atom. The number of fused-ring (bicyclic) bond motifs is 1.